The number of aldehydes is 1. The molecule has 0 bridgehead atoms. The maximum Gasteiger partial charge on any atom is 0.150 e. The van der Waals surface area contributed by atoms with Crippen molar-refractivity contribution in [1.29, 1.82) is 0 Å². The molecule has 1 aliphatic rings. The van der Waals surface area contributed by atoms with Crippen molar-refractivity contribution in [2.75, 3.05) is 0 Å². The Labute approximate surface area is 106 Å². The van der Waals surface area contributed by atoms with Gasteiger partial charge in [-0.1, -0.05) is 66.8 Å². The van der Waals surface area contributed by atoms with Gasteiger partial charge in [0, 0.05) is 5.57 Å². The van der Waals surface area contributed by atoms with Crippen LogP contribution in [0.2, 0.25) is 0 Å². The fraction of sp³-hybridized carbons (Fsp3) is 0. The highest BCUT2D eigenvalue weighted by atomic mass is 16.1. The Hall–Kier alpha value is -2.41. The highest BCUT2D eigenvalue weighted by molar-refractivity contribution is 6.11. The molecule has 0 saturated carbocycles. The summed E-state index contributed by atoms with van der Waals surface area (Å²) in [5.41, 5.74) is 5.15. The molecule has 0 radical (unpaired) electrons. The zero-order valence-electron chi connectivity index (χ0n) is 9.84. The molecule has 0 aromatic heterocycles. The van der Waals surface area contributed by atoms with E-state index in [1.165, 1.54) is 5.56 Å². The minimum absolute atomic E-state index is 0.719. The predicted octanol–water partition coefficient (Wildman–Crippen LogP) is 3.96. The molecule has 0 saturated heterocycles. The molecule has 0 amide bonds. The maximum absolute atomic E-state index is 11.2. The highest BCUT2D eigenvalue weighted by Gasteiger charge is 2.11. The Morgan fingerprint density at radius 3 is 2.22 bits per heavy atom. The van der Waals surface area contributed by atoms with Crippen molar-refractivity contribution in [2.45, 2.75) is 0 Å². The molecule has 3 rings (SSSR count). The highest BCUT2D eigenvalue weighted by Crippen LogP contribution is 2.32. The van der Waals surface area contributed by atoms with Gasteiger partial charge in [0.15, 0.2) is 6.29 Å². The molecule has 0 atom stereocenters. The van der Waals surface area contributed by atoms with Crippen molar-refractivity contribution in [3.05, 3.63) is 71.8 Å². The van der Waals surface area contributed by atoms with Crippen LogP contribution < -0.4 is 0 Å². The van der Waals surface area contributed by atoms with E-state index < -0.39 is 0 Å². The Morgan fingerprint density at radius 1 is 0.778 bits per heavy atom. The molecule has 0 heterocycles. The summed E-state index contributed by atoms with van der Waals surface area (Å²) in [4.78, 5) is 11.2. The number of fused-ring (bicyclic) bond motifs is 3. The second-order valence-electron chi connectivity index (χ2n) is 4.23. The van der Waals surface area contributed by atoms with Crippen LogP contribution in [0.25, 0.3) is 22.8 Å². The maximum atomic E-state index is 11.2. The van der Waals surface area contributed by atoms with Gasteiger partial charge in [-0.3, -0.25) is 4.79 Å². The molecular formula is C17H12O. The number of rotatable bonds is 1. The fourth-order valence-corrected chi connectivity index (χ4v) is 2.31. The SMILES string of the molecule is O=CC1=C/C=C\c2ccccc2-c2ccccc21. The van der Waals surface area contributed by atoms with Gasteiger partial charge in [0.2, 0.25) is 0 Å². The molecule has 0 fully saturated rings. The first-order valence-corrected chi connectivity index (χ1v) is 5.92. The standard InChI is InChI=1S/C17H12O/c18-12-14-8-5-7-13-6-1-2-9-15(13)17-11-4-3-10-16(14)17/h1-12H/b7-5-,8-5?,13-7?,14-8?,16-14?,17-15?. The van der Waals surface area contributed by atoms with Crippen LogP contribution in [-0.2, 0) is 4.79 Å². The summed E-state index contributed by atoms with van der Waals surface area (Å²) >= 11 is 0. The van der Waals surface area contributed by atoms with E-state index in [9.17, 15) is 4.79 Å². The second kappa shape index (κ2) is 4.46. The molecular weight excluding hydrogens is 220 g/mol. The van der Waals surface area contributed by atoms with Crippen molar-refractivity contribution in [3.63, 3.8) is 0 Å². The van der Waals surface area contributed by atoms with Crippen LogP contribution in [0.15, 0.2) is 60.7 Å². The largest absolute Gasteiger partial charge is 0.298 e. The Bertz CT molecular complexity index is 663. The number of hydrogen-bond donors (Lipinski definition) is 0. The number of carbonyl (C=O) groups is 1. The summed E-state index contributed by atoms with van der Waals surface area (Å²) < 4.78 is 0. The van der Waals surface area contributed by atoms with Crippen LogP contribution in [0.5, 0.6) is 0 Å². The lowest BCUT2D eigenvalue weighted by Crippen LogP contribution is -1.94. The van der Waals surface area contributed by atoms with Gasteiger partial charge >= 0.3 is 0 Å². The first-order valence-electron chi connectivity index (χ1n) is 5.92. The number of allylic oxidation sites excluding steroid dienone is 3. The summed E-state index contributed by atoms with van der Waals surface area (Å²) in [7, 11) is 0. The molecule has 0 spiro atoms. The summed E-state index contributed by atoms with van der Waals surface area (Å²) in [5, 5.41) is 0. The molecule has 2 aromatic rings. The van der Waals surface area contributed by atoms with E-state index in [0.29, 0.717) is 0 Å². The van der Waals surface area contributed by atoms with Gasteiger partial charge in [0.05, 0.1) is 0 Å². The van der Waals surface area contributed by atoms with E-state index in [0.717, 1.165) is 28.5 Å². The van der Waals surface area contributed by atoms with Crippen LogP contribution in [-0.4, -0.2) is 6.29 Å². The van der Waals surface area contributed by atoms with E-state index in [2.05, 4.69) is 18.2 Å². The number of carbonyl (C=O) groups excluding carboxylic acids is 1. The van der Waals surface area contributed by atoms with Crippen LogP contribution in [0.3, 0.4) is 0 Å². The van der Waals surface area contributed by atoms with Gasteiger partial charge in [0.25, 0.3) is 0 Å². The van der Waals surface area contributed by atoms with E-state index in [4.69, 9.17) is 0 Å². The van der Waals surface area contributed by atoms with E-state index in [1.807, 2.05) is 48.6 Å². The summed E-state index contributed by atoms with van der Waals surface area (Å²) in [6, 6.07) is 16.2. The lowest BCUT2D eigenvalue weighted by Gasteiger charge is -2.13. The smallest absolute Gasteiger partial charge is 0.150 e. The summed E-state index contributed by atoms with van der Waals surface area (Å²) in [6.45, 7) is 0. The van der Waals surface area contributed by atoms with Crippen LogP contribution in [0, 0.1) is 0 Å². The average Bonchev–Trinajstić information content (AvgIpc) is 2.42. The van der Waals surface area contributed by atoms with Gasteiger partial charge in [-0.2, -0.15) is 0 Å². The molecule has 1 nitrogen and oxygen atoms in total. The topological polar surface area (TPSA) is 17.1 Å². The lowest BCUT2D eigenvalue weighted by molar-refractivity contribution is -0.103. The molecule has 1 aliphatic carbocycles. The van der Waals surface area contributed by atoms with Crippen molar-refractivity contribution < 1.29 is 4.79 Å². The molecule has 0 N–H and O–H groups in total. The van der Waals surface area contributed by atoms with E-state index in [-0.39, 0.29) is 0 Å². The third kappa shape index (κ3) is 1.70. The van der Waals surface area contributed by atoms with Gasteiger partial charge in [-0.25, -0.2) is 0 Å². The molecule has 1 heteroatoms. The van der Waals surface area contributed by atoms with Crippen molar-refractivity contribution in [1.82, 2.24) is 0 Å². The first kappa shape index (κ1) is 10.7. The second-order valence-corrected chi connectivity index (χ2v) is 4.23. The van der Waals surface area contributed by atoms with Crippen LogP contribution in [0.1, 0.15) is 11.1 Å². The van der Waals surface area contributed by atoms with Crippen molar-refractivity contribution in [2.24, 2.45) is 0 Å². The lowest BCUT2D eigenvalue weighted by atomic mass is 9.90. The molecule has 2 aromatic carbocycles. The molecule has 0 aliphatic heterocycles. The van der Waals surface area contributed by atoms with Gasteiger partial charge in [0.1, 0.15) is 0 Å². The number of hydrogen-bond acceptors (Lipinski definition) is 1. The third-order valence-electron chi connectivity index (χ3n) is 3.17. The molecule has 18 heavy (non-hydrogen) atoms. The van der Waals surface area contributed by atoms with Gasteiger partial charge in [-0.05, 0) is 22.3 Å². The van der Waals surface area contributed by atoms with E-state index >= 15 is 0 Å². The zero-order valence-corrected chi connectivity index (χ0v) is 9.84. The van der Waals surface area contributed by atoms with E-state index in [1.54, 1.807) is 0 Å². The van der Waals surface area contributed by atoms with Crippen LogP contribution in [0.4, 0.5) is 0 Å². The molecule has 0 unspecified atom stereocenters. The zero-order chi connectivity index (χ0) is 12.4. The monoisotopic (exact) mass is 232 g/mol. The van der Waals surface area contributed by atoms with Crippen LogP contribution >= 0.6 is 0 Å². The first-order chi connectivity index (χ1) is 8.90. The van der Waals surface area contributed by atoms with Crippen molar-refractivity contribution in [3.8, 4) is 11.1 Å². The van der Waals surface area contributed by atoms with Gasteiger partial charge < -0.3 is 0 Å². The Kier molecular flexibility index (Phi) is 2.66. The quantitative estimate of drug-likeness (QED) is 0.680. The Morgan fingerprint density at radius 2 is 1.44 bits per heavy atom. The predicted molar refractivity (Wildman–Crippen MR) is 75.0 cm³/mol. The minimum Gasteiger partial charge on any atom is -0.298 e. The summed E-state index contributed by atoms with van der Waals surface area (Å²) in [6.07, 6.45) is 6.74. The Balaban J connectivity index is 2.36. The third-order valence-corrected chi connectivity index (χ3v) is 3.17. The van der Waals surface area contributed by atoms with Gasteiger partial charge in [-0.15, -0.1) is 0 Å². The summed E-state index contributed by atoms with van der Waals surface area (Å²) in [5.74, 6) is 0. The average molecular weight is 232 g/mol. The minimum atomic E-state index is 0.719. The molecule has 86 valence electrons. The van der Waals surface area contributed by atoms with Crippen molar-refractivity contribution >= 4 is 17.9 Å². The fourth-order valence-electron chi connectivity index (χ4n) is 2.31. The number of benzene rings is 2. The normalized spacial score (nSPS) is 14.6.